The Morgan fingerprint density at radius 3 is 2.93 bits per heavy atom. The molecule has 6 nitrogen and oxygen atoms in total. The van der Waals surface area contributed by atoms with Gasteiger partial charge in [-0.25, -0.2) is 0 Å². The monoisotopic (exact) mass is 197 g/mol. The summed E-state index contributed by atoms with van der Waals surface area (Å²) < 4.78 is 0. The van der Waals surface area contributed by atoms with E-state index in [0.29, 0.717) is 0 Å². The third-order valence-corrected chi connectivity index (χ3v) is 1.71. The van der Waals surface area contributed by atoms with Gasteiger partial charge in [-0.15, -0.1) is 0 Å². The summed E-state index contributed by atoms with van der Waals surface area (Å²) in [6.07, 6.45) is 2.71. The lowest BCUT2D eigenvalue weighted by Gasteiger charge is -2.10. The van der Waals surface area contributed by atoms with Gasteiger partial charge in [0.25, 0.3) is 0 Å². The van der Waals surface area contributed by atoms with Crippen LogP contribution in [0.5, 0.6) is 0 Å². The van der Waals surface area contributed by atoms with Gasteiger partial charge in [-0.1, -0.05) is 0 Å². The molecule has 1 heterocycles. The number of rotatable bonds is 4. The first kappa shape index (κ1) is 10.2. The molecule has 1 aromatic heterocycles. The second kappa shape index (κ2) is 4.40. The van der Waals surface area contributed by atoms with E-state index in [1.807, 2.05) is 0 Å². The highest BCUT2D eigenvalue weighted by atomic mass is 16.4. The Hall–Kier alpha value is -1.85. The van der Waals surface area contributed by atoms with Crippen molar-refractivity contribution in [2.45, 2.75) is 19.4 Å². The third-order valence-electron chi connectivity index (χ3n) is 1.71. The molecule has 0 spiro atoms. The summed E-state index contributed by atoms with van der Waals surface area (Å²) in [5.41, 5.74) is 0.809. The number of amides is 1. The molecule has 6 heteroatoms. The number of carboxylic acid groups (broad SMARTS) is 1. The van der Waals surface area contributed by atoms with E-state index in [0.717, 1.165) is 5.56 Å². The van der Waals surface area contributed by atoms with Crippen LogP contribution in [0, 0.1) is 0 Å². The van der Waals surface area contributed by atoms with Gasteiger partial charge in [0.2, 0.25) is 5.91 Å². The first-order valence-electron chi connectivity index (χ1n) is 4.09. The Labute approximate surface area is 80.3 Å². The van der Waals surface area contributed by atoms with Crippen molar-refractivity contribution in [3.8, 4) is 0 Å². The summed E-state index contributed by atoms with van der Waals surface area (Å²) >= 11 is 0. The van der Waals surface area contributed by atoms with Gasteiger partial charge in [0.05, 0.1) is 12.2 Å². The minimum Gasteiger partial charge on any atom is -0.481 e. The summed E-state index contributed by atoms with van der Waals surface area (Å²) in [6.45, 7) is 1.75. The van der Waals surface area contributed by atoms with E-state index in [-0.39, 0.29) is 6.04 Å². The third kappa shape index (κ3) is 2.89. The summed E-state index contributed by atoms with van der Waals surface area (Å²) in [6, 6.07) is -0.236. The summed E-state index contributed by atoms with van der Waals surface area (Å²) in [7, 11) is 0. The van der Waals surface area contributed by atoms with Crippen molar-refractivity contribution in [3.05, 3.63) is 18.0 Å². The van der Waals surface area contributed by atoms with Crippen LogP contribution in [0.15, 0.2) is 12.4 Å². The fraction of sp³-hybridized carbons (Fsp3) is 0.375. The second-order valence-corrected chi connectivity index (χ2v) is 2.89. The molecule has 0 radical (unpaired) electrons. The van der Waals surface area contributed by atoms with Gasteiger partial charge in [-0.05, 0) is 6.92 Å². The number of carbonyl (C=O) groups is 2. The highest BCUT2D eigenvalue weighted by molar-refractivity contribution is 5.93. The Kier molecular flexibility index (Phi) is 3.22. The second-order valence-electron chi connectivity index (χ2n) is 2.89. The number of nitrogens with one attached hydrogen (secondary N) is 2. The van der Waals surface area contributed by atoms with Gasteiger partial charge >= 0.3 is 5.97 Å². The molecule has 1 rings (SSSR count). The fourth-order valence-corrected chi connectivity index (χ4v) is 1.01. The van der Waals surface area contributed by atoms with Crippen molar-refractivity contribution in [2.24, 2.45) is 0 Å². The number of aromatic nitrogens is 2. The maximum atomic E-state index is 11.0. The molecule has 0 aromatic carbocycles. The topological polar surface area (TPSA) is 95.1 Å². The molecule has 0 aliphatic carbocycles. The number of aromatic amines is 1. The molecule has 3 N–H and O–H groups in total. The first-order chi connectivity index (χ1) is 6.59. The standard InChI is InChI=1S/C8H11N3O3/c1-5(6-3-9-10-4-6)11-7(12)2-8(13)14/h3-5H,2H2,1H3,(H,9,10)(H,11,12)(H,13,14). The largest absolute Gasteiger partial charge is 0.481 e. The predicted molar refractivity (Wildman–Crippen MR) is 47.4 cm³/mol. The van der Waals surface area contributed by atoms with Crippen molar-refractivity contribution in [3.63, 3.8) is 0 Å². The lowest BCUT2D eigenvalue weighted by molar-refractivity contribution is -0.140. The zero-order valence-corrected chi connectivity index (χ0v) is 7.65. The van der Waals surface area contributed by atoms with E-state index in [2.05, 4.69) is 15.5 Å². The number of nitrogens with zero attached hydrogens (tertiary/aromatic N) is 1. The average Bonchev–Trinajstić information content (AvgIpc) is 2.53. The molecule has 0 saturated heterocycles. The van der Waals surface area contributed by atoms with Crippen molar-refractivity contribution in [1.82, 2.24) is 15.5 Å². The summed E-state index contributed by atoms with van der Waals surface area (Å²) in [5, 5.41) is 17.2. The molecular weight excluding hydrogens is 186 g/mol. The van der Waals surface area contributed by atoms with Crippen molar-refractivity contribution >= 4 is 11.9 Å². The minimum atomic E-state index is -1.14. The number of carbonyl (C=O) groups excluding carboxylic acids is 1. The van der Waals surface area contributed by atoms with Crippen molar-refractivity contribution in [1.29, 1.82) is 0 Å². The lowest BCUT2D eigenvalue weighted by atomic mass is 10.2. The van der Waals surface area contributed by atoms with Gasteiger partial charge in [-0.2, -0.15) is 5.10 Å². The Balaban J connectivity index is 2.45. The van der Waals surface area contributed by atoms with Crippen molar-refractivity contribution < 1.29 is 14.7 Å². The smallest absolute Gasteiger partial charge is 0.312 e. The van der Waals surface area contributed by atoms with Crippen LogP contribution in [0.3, 0.4) is 0 Å². The van der Waals surface area contributed by atoms with Crippen molar-refractivity contribution in [2.75, 3.05) is 0 Å². The van der Waals surface area contributed by atoms with Crippen LogP contribution in [0.25, 0.3) is 0 Å². The molecule has 0 saturated carbocycles. The van der Waals surface area contributed by atoms with Crippen LogP contribution in [-0.4, -0.2) is 27.2 Å². The zero-order valence-electron chi connectivity index (χ0n) is 7.65. The number of hydrogen-bond donors (Lipinski definition) is 3. The molecule has 1 atom stereocenters. The highest BCUT2D eigenvalue weighted by Crippen LogP contribution is 2.08. The van der Waals surface area contributed by atoms with E-state index in [1.165, 1.54) is 0 Å². The molecule has 76 valence electrons. The molecule has 0 bridgehead atoms. The minimum absolute atomic E-state index is 0.236. The van der Waals surface area contributed by atoms with Gasteiger partial charge < -0.3 is 10.4 Å². The Bertz CT molecular complexity index is 321. The molecule has 0 aliphatic rings. The van der Waals surface area contributed by atoms with Gasteiger partial charge in [-0.3, -0.25) is 14.7 Å². The van der Waals surface area contributed by atoms with Crippen LogP contribution < -0.4 is 5.32 Å². The number of hydrogen-bond acceptors (Lipinski definition) is 3. The quantitative estimate of drug-likeness (QED) is 0.595. The van der Waals surface area contributed by atoms with Gasteiger partial charge in [0.1, 0.15) is 6.42 Å². The molecule has 1 unspecified atom stereocenters. The van der Waals surface area contributed by atoms with E-state index in [4.69, 9.17) is 5.11 Å². The van der Waals surface area contributed by atoms with E-state index < -0.39 is 18.3 Å². The molecule has 0 fully saturated rings. The predicted octanol–water partition coefficient (Wildman–Crippen LogP) is 0.0616. The van der Waals surface area contributed by atoms with Crippen LogP contribution in [0.1, 0.15) is 24.9 Å². The highest BCUT2D eigenvalue weighted by Gasteiger charge is 2.12. The average molecular weight is 197 g/mol. The normalized spacial score (nSPS) is 12.1. The lowest BCUT2D eigenvalue weighted by Crippen LogP contribution is -2.28. The summed E-state index contributed by atoms with van der Waals surface area (Å²) in [4.78, 5) is 21.2. The molecular formula is C8H11N3O3. The molecule has 0 aliphatic heterocycles. The molecule has 14 heavy (non-hydrogen) atoms. The maximum absolute atomic E-state index is 11.0. The van der Waals surface area contributed by atoms with Gasteiger partial charge in [0, 0.05) is 11.8 Å². The van der Waals surface area contributed by atoms with Gasteiger partial charge in [0.15, 0.2) is 0 Å². The van der Waals surface area contributed by atoms with E-state index in [1.54, 1.807) is 19.3 Å². The Morgan fingerprint density at radius 2 is 2.43 bits per heavy atom. The SMILES string of the molecule is CC(NC(=O)CC(=O)O)c1cn[nH]c1. The maximum Gasteiger partial charge on any atom is 0.312 e. The van der Waals surface area contributed by atoms with Crippen LogP contribution in [-0.2, 0) is 9.59 Å². The Morgan fingerprint density at radius 1 is 1.71 bits per heavy atom. The number of aliphatic carboxylic acids is 1. The van der Waals surface area contributed by atoms with Crippen LogP contribution >= 0.6 is 0 Å². The first-order valence-corrected chi connectivity index (χ1v) is 4.09. The molecule has 1 amide bonds. The number of H-pyrrole nitrogens is 1. The molecule has 1 aromatic rings. The zero-order chi connectivity index (χ0) is 10.6. The van der Waals surface area contributed by atoms with E-state index in [9.17, 15) is 9.59 Å². The summed E-state index contributed by atoms with van der Waals surface area (Å²) in [5.74, 6) is -1.65. The van der Waals surface area contributed by atoms with Crippen LogP contribution in [0.4, 0.5) is 0 Å². The van der Waals surface area contributed by atoms with E-state index >= 15 is 0 Å². The number of carboxylic acids is 1. The van der Waals surface area contributed by atoms with Crippen LogP contribution in [0.2, 0.25) is 0 Å². The fourth-order valence-electron chi connectivity index (χ4n) is 1.01.